The second kappa shape index (κ2) is 4.67. The number of aryl methyl sites for hydroxylation is 1. The van der Waals surface area contributed by atoms with Crippen LogP contribution in [0, 0.1) is 10.8 Å². The number of nitrogens with zero attached hydrogens (tertiary/aromatic N) is 2. The quantitative estimate of drug-likeness (QED) is 0.762. The highest BCUT2D eigenvalue weighted by Gasteiger charge is 1.98. The van der Waals surface area contributed by atoms with Gasteiger partial charge in [0.15, 0.2) is 0 Å². The number of halogens is 1. The summed E-state index contributed by atoms with van der Waals surface area (Å²) < 4.78 is 1.68. The van der Waals surface area contributed by atoms with Gasteiger partial charge in [0.25, 0.3) is 5.91 Å². The zero-order valence-corrected chi connectivity index (χ0v) is 8.63. The molecule has 4 nitrogen and oxygen atoms in total. The molecule has 1 aromatic heterocycles. The number of hydrogen-bond acceptors (Lipinski definition) is 2. The molecule has 0 aliphatic heterocycles. The third kappa shape index (κ3) is 3.30. The molecule has 0 unspecified atom stereocenters. The van der Waals surface area contributed by atoms with Crippen molar-refractivity contribution in [1.29, 1.82) is 0 Å². The van der Waals surface area contributed by atoms with Crippen LogP contribution in [0.5, 0.6) is 0 Å². The zero-order chi connectivity index (χ0) is 9.68. The molecule has 0 radical (unpaired) electrons. The molecule has 0 aliphatic rings. The highest BCUT2D eigenvalue weighted by atomic mass is 79.9. The van der Waals surface area contributed by atoms with Gasteiger partial charge in [0.2, 0.25) is 0 Å². The topological polar surface area (TPSA) is 46.9 Å². The van der Waals surface area contributed by atoms with Gasteiger partial charge in [0, 0.05) is 35.1 Å². The molecule has 1 aromatic rings. The smallest absolute Gasteiger partial charge is 0.297 e. The van der Waals surface area contributed by atoms with E-state index >= 15 is 0 Å². The van der Waals surface area contributed by atoms with Crippen molar-refractivity contribution in [2.45, 2.75) is 6.54 Å². The number of carbonyl (C=O) groups is 1. The third-order valence-corrected chi connectivity index (χ3v) is 1.56. The Morgan fingerprint density at radius 2 is 2.62 bits per heavy atom. The number of rotatable bonds is 2. The fourth-order valence-corrected chi connectivity index (χ4v) is 0.995. The zero-order valence-electron chi connectivity index (χ0n) is 7.04. The van der Waals surface area contributed by atoms with Crippen molar-refractivity contribution < 1.29 is 4.79 Å². The molecule has 1 heterocycles. The lowest BCUT2D eigenvalue weighted by atomic mass is 10.4. The molecule has 5 heteroatoms. The summed E-state index contributed by atoms with van der Waals surface area (Å²) in [6.07, 6.45) is 1.82. The maximum absolute atomic E-state index is 10.9. The Labute approximate surface area is 84.4 Å². The van der Waals surface area contributed by atoms with Gasteiger partial charge in [0.1, 0.15) is 0 Å². The van der Waals surface area contributed by atoms with Gasteiger partial charge in [-0.1, -0.05) is 0 Å². The minimum atomic E-state index is -0.317. The first-order valence-electron chi connectivity index (χ1n) is 3.60. The summed E-state index contributed by atoms with van der Waals surface area (Å²) in [7, 11) is 1.82. The molecular weight excluding hydrogens is 234 g/mol. The Hall–Kier alpha value is -1.28. The van der Waals surface area contributed by atoms with E-state index in [-0.39, 0.29) is 5.91 Å². The molecule has 1 amide bonds. The monoisotopic (exact) mass is 241 g/mol. The number of nitrogens with one attached hydrogen (secondary N) is 1. The molecule has 0 fully saturated rings. The maximum Gasteiger partial charge on any atom is 0.297 e. The van der Waals surface area contributed by atoms with Crippen LogP contribution < -0.4 is 5.32 Å². The van der Waals surface area contributed by atoms with Crippen LogP contribution in [0.4, 0.5) is 0 Å². The molecule has 0 saturated carbocycles. The van der Waals surface area contributed by atoms with E-state index in [9.17, 15) is 4.79 Å². The Balaban J connectivity index is 2.42. The normalized spacial score (nSPS) is 8.77. The van der Waals surface area contributed by atoms with Crippen molar-refractivity contribution in [2.75, 3.05) is 0 Å². The second-order valence-electron chi connectivity index (χ2n) is 2.38. The van der Waals surface area contributed by atoms with Gasteiger partial charge in [-0.15, -0.1) is 0 Å². The van der Waals surface area contributed by atoms with Crippen molar-refractivity contribution in [3.8, 4) is 10.8 Å². The summed E-state index contributed by atoms with van der Waals surface area (Å²) in [5.41, 5.74) is 0.812. The first kappa shape index (κ1) is 9.81. The lowest BCUT2D eigenvalue weighted by molar-refractivity contribution is -0.115. The van der Waals surface area contributed by atoms with Crippen LogP contribution in [0.15, 0.2) is 12.3 Å². The van der Waals surface area contributed by atoms with Crippen LogP contribution in [0.1, 0.15) is 5.69 Å². The SMILES string of the molecule is Cn1ccc(CNC(=O)C#CBr)n1. The molecule has 0 atom stereocenters. The van der Waals surface area contributed by atoms with Crippen molar-refractivity contribution in [3.63, 3.8) is 0 Å². The summed E-state index contributed by atoms with van der Waals surface area (Å²) in [6.45, 7) is 0.404. The number of amides is 1. The summed E-state index contributed by atoms with van der Waals surface area (Å²) >= 11 is 2.84. The van der Waals surface area contributed by atoms with Gasteiger partial charge in [-0.25, -0.2) is 0 Å². The van der Waals surface area contributed by atoms with Gasteiger partial charge in [0.05, 0.1) is 12.2 Å². The van der Waals surface area contributed by atoms with Gasteiger partial charge in [-0.3, -0.25) is 9.48 Å². The van der Waals surface area contributed by atoms with Crippen molar-refractivity contribution in [3.05, 3.63) is 18.0 Å². The minimum Gasteiger partial charge on any atom is -0.340 e. The van der Waals surface area contributed by atoms with Gasteiger partial charge < -0.3 is 5.32 Å². The van der Waals surface area contributed by atoms with Crippen LogP contribution in [-0.2, 0) is 18.4 Å². The van der Waals surface area contributed by atoms with Gasteiger partial charge in [-0.05, 0) is 10.9 Å². The lowest BCUT2D eigenvalue weighted by Gasteiger charge is -1.95. The van der Waals surface area contributed by atoms with E-state index in [1.54, 1.807) is 4.68 Å². The Morgan fingerprint density at radius 1 is 1.85 bits per heavy atom. The molecule has 1 N–H and O–H groups in total. The van der Waals surface area contributed by atoms with Crippen LogP contribution in [0.3, 0.4) is 0 Å². The molecule has 0 spiro atoms. The largest absolute Gasteiger partial charge is 0.340 e. The molecule has 0 aliphatic carbocycles. The predicted octanol–water partition coefficient (Wildman–Crippen LogP) is 0.392. The number of aromatic nitrogens is 2. The summed E-state index contributed by atoms with van der Waals surface area (Å²) in [5, 5.41) is 6.68. The van der Waals surface area contributed by atoms with Gasteiger partial charge in [-0.2, -0.15) is 5.10 Å². The summed E-state index contributed by atoms with van der Waals surface area (Å²) in [5.74, 6) is 1.99. The van der Waals surface area contributed by atoms with E-state index in [0.717, 1.165) is 5.69 Å². The predicted molar refractivity (Wildman–Crippen MR) is 51.8 cm³/mol. The van der Waals surface area contributed by atoms with E-state index in [1.807, 2.05) is 19.3 Å². The summed E-state index contributed by atoms with van der Waals surface area (Å²) in [4.78, 5) is 13.2. The first-order chi connectivity index (χ1) is 6.22. The Kier molecular flexibility index (Phi) is 3.53. The minimum absolute atomic E-state index is 0.317. The average molecular weight is 242 g/mol. The van der Waals surface area contributed by atoms with E-state index in [0.29, 0.717) is 6.54 Å². The standard InChI is InChI=1S/C8H8BrN3O/c1-12-5-3-7(11-12)6-10-8(13)2-4-9/h3,5H,6H2,1H3,(H,10,13). The van der Waals surface area contributed by atoms with Crippen LogP contribution in [0.25, 0.3) is 0 Å². The molecular formula is C8H8BrN3O. The molecule has 13 heavy (non-hydrogen) atoms. The molecule has 68 valence electrons. The van der Waals surface area contributed by atoms with Crippen LogP contribution >= 0.6 is 15.9 Å². The van der Waals surface area contributed by atoms with Crippen molar-refractivity contribution in [1.82, 2.24) is 15.1 Å². The third-order valence-electron chi connectivity index (χ3n) is 1.36. The number of carbonyl (C=O) groups excluding carboxylic acids is 1. The molecule has 0 aromatic carbocycles. The summed E-state index contributed by atoms with van der Waals surface area (Å²) in [6, 6.07) is 1.84. The average Bonchev–Trinajstić information content (AvgIpc) is 2.49. The van der Waals surface area contributed by atoms with E-state index < -0.39 is 0 Å². The fourth-order valence-electron chi connectivity index (χ4n) is 0.815. The fraction of sp³-hybridized carbons (Fsp3) is 0.250. The molecule has 0 bridgehead atoms. The highest BCUT2D eigenvalue weighted by molar-refractivity contribution is 9.12. The molecule has 0 saturated heterocycles. The highest BCUT2D eigenvalue weighted by Crippen LogP contribution is 1.92. The first-order valence-corrected chi connectivity index (χ1v) is 4.39. The lowest BCUT2D eigenvalue weighted by Crippen LogP contribution is -2.20. The maximum atomic E-state index is 10.9. The van der Waals surface area contributed by atoms with Crippen LogP contribution in [0.2, 0.25) is 0 Å². The van der Waals surface area contributed by atoms with E-state index in [1.165, 1.54) is 0 Å². The second-order valence-corrected chi connectivity index (χ2v) is 2.78. The Morgan fingerprint density at radius 3 is 3.15 bits per heavy atom. The van der Waals surface area contributed by atoms with Crippen LogP contribution in [-0.4, -0.2) is 15.7 Å². The van der Waals surface area contributed by atoms with E-state index in [2.05, 4.69) is 37.1 Å². The van der Waals surface area contributed by atoms with Crippen molar-refractivity contribution in [2.24, 2.45) is 7.05 Å². The Bertz CT molecular complexity index is 361. The number of hydrogen-bond donors (Lipinski definition) is 1. The van der Waals surface area contributed by atoms with E-state index in [4.69, 9.17) is 0 Å². The van der Waals surface area contributed by atoms with Crippen molar-refractivity contribution >= 4 is 21.8 Å². The van der Waals surface area contributed by atoms with Gasteiger partial charge >= 0.3 is 0 Å². The molecule has 1 rings (SSSR count).